The second-order valence-electron chi connectivity index (χ2n) is 6.21. The highest BCUT2D eigenvalue weighted by Gasteiger charge is 2.28. The third-order valence-electron chi connectivity index (χ3n) is 4.59. The molecule has 0 saturated heterocycles. The standard InChI is InChI=1S/C18H30N2O.ClH/c1-5-18(6-2,13-19)20-17(21)12-16(14(3)4)15-10-8-7-9-11-15;/h7-11,14,16H,5-6,12-13,19H2,1-4H3,(H,20,21);1H. The average molecular weight is 327 g/mol. The summed E-state index contributed by atoms with van der Waals surface area (Å²) in [5.41, 5.74) is 6.84. The van der Waals surface area contributed by atoms with Crippen LogP contribution in [-0.4, -0.2) is 18.0 Å². The molecule has 0 aliphatic rings. The summed E-state index contributed by atoms with van der Waals surface area (Å²) in [5.74, 6) is 0.774. The first-order chi connectivity index (χ1) is 9.98. The average Bonchev–Trinajstić information content (AvgIpc) is 2.51. The molecule has 22 heavy (non-hydrogen) atoms. The van der Waals surface area contributed by atoms with Crippen LogP contribution in [0.5, 0.6) is 0 Å². The number of hydrogen-bond acceptors (Lipinski definition) is 2. The van der Waals surface area contributed by atoms with E-state index < -0.39 is 0 Å². The summed E-state index contributed by atoms with van der Waals surface area (Å²) in [5, 5.41) is 3.17. The molecule has 0 aliphatic heterocycles. The Morgan fingerprint density at radius 3 is 2.14 bits per heavy atom. The van der Waals surface area contributed by atoms with Crippen molar-refractivity contribution in [1.29, 1.82) is 0 Å². The lowest BCUT2D eigenvalue weighted by molar-refractivity contribution is -0.123. The van der Waals surface area contributed by atoms with E-state index in [1.165, 1.54) is 5.56 Å². The maximum Gasteiger partial charge on any atom is 0.221 e. The first-order valence-electron chi connectivity index (χ1n) is 8.04. The third-order valence-corrected chi connectivity index (χ3v) is 4.59. The fraction of sp³-hybridized carbons (Fsp3) is 0.611. The molecule has 0 bridgehead atoms. The molecular formula is C18H31ClN2O. The summed E-state index contributed by atoms with van der Waals surface area (Å²) < 4.78 is 0. The predicted molar refractivity (Wildman–Crippen MR) is 96.4 cm³/mol. The summed E-state index contributed by atoms with van der Waals surface area (Å²) >= 11 is 0. The van der Waals surface area contributed by atoms with Crippen molar-refractivity contribution in [3.8, 4) is 0 Å². The molecule has 1 aromatic carbocycles. The second kappa shape index (κ2) is 9.86. The zero-order valence-electron chi connectivity index (χ0n) is 14.3. The molecule has 126 valence electrons. The SMILES string of the molecule is CCC(CC)(CN)NC(=O)CC(c1ccccc1)C(C)C.Cl. The van der Waals surface area contributed by atoms with E-state index >= 15 is 0 Å². The van der Waals surface area contributed by atoms with Crippen LogP contribution >= 0.6 is 12.4 Å². The van der Waals surface area contributed by atoms with Crippen molar-refractivity contribution in [2.45, 2.75) is 58.4 Å². The van der Waals surface area contributed by atoms with Crippen molar-refractivity contribution in [2.75, 3.05) is 6.54 Å². The van der Waals surface area contributed by atoms with Crippen molar-refractivity contribution in [1.82, 2.24) is 5.32 Å². The van der Waals surface area contributed by atoms with Gasteiger partial charge in [-0.05, 0) is 30.2 Å². The monoisotopic (exact) mass is 326 g/mol. The maximum absolute atomic E-state index is 12.5. The molecule has 0 aromatic heterocycles. The van der Waals surface area contributed by atoms with E-state index in [0.717, 1.165) is 12.8 Å². The first kappa shape index (κ1) is 20.9. The van der Waals surface area contributed by atoms with Crippen LogP contribution in [0.25, 0.3) is 0 Å². The molecule has 3 nitrogen and oxygen atoms in total. The predicted octanol–water partition coefficient (Wildman–Crippen LogP) is 3.87. The molecule has 0 aliphatic carbocycles. The van der Waals surface area contributed by atoms with Gasteiger partial charge < -0.3 is 11.1 Å². The fourth-order valence-electron chi connectivity index (χ4n) is 2.75. The number of benzene rings is 1. The van der Waals surface area contributed by atoms with Crippen LogP contribution in [-0.2, 0) is 4.79 Å². The Hall–Kier alpha value is -1.06. The molecular weight excluding hydrogens is 296 g/mol. The second-order valence-corrected chi connectivity index (χ2v) is 6.21. The van der Waals surface area contributed by atoms with E-state index in [2.05, 4.69) is 45.1 Å². The molecule has 1 unspecified atom stereocenters. The number of nitrogens with two attached hydrogens (primary N) is 1. The number of nitrogens with one attached hydrogen (secondary N) is 1. The topological polar surface area (TPSA) is 55.1 Å². The van der Waals surface area contributed by atoms with Gasteiger partial charge in [-0.1, -0.05) is 58.0 Å². The molecule has 4 heteroatoms. The van der Waals surface area contributed by atoms with Crippen molar-refractivity contribution in [2.24, 2.45) is 11.7 Å². The van der Waals surface area contributed by atoms with Gasteiger partial charge in [0.05, 0.1) is 5.54 Å². The number of carbonyl (C=O) groups is 1. The van der Waals surface area contributed by atoms with Gasteiger partial charge in [-0.2, -0.15) is 0 Å². The Morgan fingerprint density at radius 2 is 1.73 bits per heavy atom. The maximum atomic E-state index is 12.5. The molecule has 0 heterocycles. The lowest BCUT2D eigenvalue weighted by Crippen LogP contribution is -2.53. The van der Waals surface area contributed by atoms with Gasteiger partial charge in [-0.15, -0.1) is 12.4 Å². The van der Waals surface area contributed by atoms with E-state index in [1.807, 2.05) is 18.2 Å². The minimum Gasteiger partial charge on any atom is -0.349 e. The van der Waals surface area contributed by atoms with E-state index in [-0.39, 0.29) is 29.8 Å². The molecule has 0 radical (unpaired) electrons. The van der Waals surface area contributed by atoms with E-state index in [1.54, 1.807) is 0 Å². The summed E-state index contributed by atoms with van der Waals surface area (Å²) in [7, 11) is 0. The van der Waals surface area contributed by atoms with Gasteiger partial charge in [-0.25, -0.2) is 0 Å². The highest BCUT2D eigenvalue weighted by Crippen LogP contribution is 2.28. The van der Waals surface area contributed by atoms with Gasteiger partial charge in [0.15, 0.2) is 0 Å². The van der Waals surface area contributed by atoms with Crippen LogP contribution < -0.4 is 11.1 Å². The summed E-state index contributed by atoms with van der Waals surface area (Å²) in [6.07, 6.45) is 2.25. The Kier molecular flexibility index (Phi) is 9.38. The van der Waals surface area contributed by atoms with Gasteiger partial charge in [0, 0.05) is 13.0 Å². The molecule has 0 spiro atoms. The zero-order chi connectivity index (χ0) is 15.9. The van der Waals surface area contributed by atoms with Gasteiger partial charge in [0.25, 0.3) is 0 Å². The van der Waals surface area contributed by atoms with E-state index in [4.69, 9.17) is 5.73 Å². The molecule has 3 N–H and O–H groups in total. The smallest absolute Gasteiger partial charge is 0.221 e. The molecule has 1 aromatic rings. The highest BCUT2D eigenvalue weighted by atomic mass is 35.5. The third kappa shape index (κ3) is 5.62. The molecule has 0 saturated carbocycles. The van der Waals surface area contributed by atoms with Gasteiger partial charge in [-0.3, -0.25) is 4.79 Å². The van der Waals surface area contributed by atoms with Crippen LogP contribution in [0.1, 0.15) is 58.4 Å². The van der Waals surface area contributed by atoms with Gasteiger partial charge >= 0.3 is 0 Å². The van der Waals surface area contributed by atoms with Crippen LogP contribution in [0.15, 0.2) is 30.3 Å². The molecule has 1 rings (SSSR count). The highest BCUT2D eigenvalue weighted by molar-refractivity contribution is 5.85. The number of amides is 1. The van der Waals surface area contributed by atoms with Crippen LogP contribution in [0.4, 0.5) is 0 Å². The Labute approximate surface area is 141 Å². The van der Waals surface area contributed by atoms with Crippen molar-refractivity contribution in [3.63, 3.8) is 0 Å². The zero-order valence-corrected chi connectivity index (χ0v) is 15.1. The number of rotatable bonds is 8. The minimum atomic E-state index is -0.255. The van der Waals surface area contributed by atoms with Crippen molar-refractivity contribution in [3.05, 3.63) is 35.9 Å². The molecule has 1 amide bonds. The van der Waals surface area contributed by atoms with Crippen LogP contribution in [0.2, 0.25) is 0 Å². The van der Waals surface area contributed by atoms with Crippen LogP contribution in [0.3, 0.4) is 0 Å². The Morgan fingerprint density at radius 1 is 1.18 bits per heavy atom. The number of carbonyl (C=O) groups excluding carboxylic acids is 1. The summed E-state index contributed by atoms with van der Waals surface area (Å²) in [6.45, 7) is 8.98. The normalized spacial score (nSPS) is 12.6. The van der Waals surface area contributed by atoms with Crippen LogP contribution in [0, 0.1) is 5.92 Å². The molecule has 1 atom stereocenters. The van der Waals surface area contributed by atoms with Crippen molar-refractivity contribution >= 4 is 18.3 Å². The van der Waals surface area contributed by atoms with E-state index in [9.17, 15) is 4.79 Å². The first-order valence-corrected chi connectivity index (χ1v) is 8.04. The number of hydrogen-bond donors (Lipinski definition) is 2. The Balaban J connectivity index is 0.00000441. The largest absolute Gasteiger partial charge is 0.349 e. The minimum absolute atomic E-state index is 0. The molecule has 0 fully saturated rings. The summed E-state index contributed by atoms with van der Waals surface area (Å²) in [4.78, 5) is 12.5. The van der Waals surface area contributed by atoms with Gasteiger partial charge in [0.1, 0.15) is 0 Å². The quantitative estimate of drug-likeness (QED) is 0.762. The lowest BCUT2D eigenvalue weighted by Gasteiger charge is -2.32. The van der Waals surface area contributed by atoms with E-state index in [0.29, 0.717) is 18.9 Å². The fourth-order valence-corrected chi connectivity index (χ4v) is 2.75. The van der Waals surface area contributed by atoms with Gasteiger partial charge in [0.2, 0.25) is 5.91 Å². The number of halogens is 1. The van der Waals surface area contributed by atoms with Crippen molar-refractivity contribution < 1.29 is 4.79 Å². The lowest BCUT2D eigenvalue weighted by atomic mass is 9.85. The summed E-state index contributed by atoms with van der Waals surface area (Å²) in [6, 6.07) is 10.3. The Bertz CT molecular complexity index is 422.